The first kappa shape index (κ1) is 11.9. The van der Waals surface area contributed by atoms with Crippen LogP contribution in [0.25, 0.3) is 0 Å². The quantitative estimate of drug-likeness (QED) is 0.811. The van der Waals surface area contributed by atoms with Crippen molar-refractivity contribution in [3.05, 3.63) is 21.7 Å². The van der Waals surface area contributed by atoms with Gasteiger partial charge in [0.25, 0.3) is 5.92 Å². The minimum atomic E-state index is -3.07. The molecule has 80 valence electrons. The highest BCUT2D eigenvalue weighted by molar-refractivity contribution is 14.1. The van der Waals surface area contributed by atoms with Crippen LogP contribution in [0.5, 0.6) is 0 Å². The van der Waals surface area contributed by atoms with Crippen molar-refractivity contribution in [3.8, 4) is 0 Å². The minimum absolute atomic E-state index is 0.235. The zero-order valence-electron chi connectivity index (χ0n) is 7.27. The predicted octanol–water partition coefficient (Wildman–Crippen LogP) is 1.60. The molecule has 1 aromatic heterocycles. The van der Waals surface area contributed by atoms with Crippen molar-refractivity contribution in [2.75, 3.05) is 13.2 Å². The van der Waals surface area contributed by atoms with Crippen molar-refractivity contribution in [2.45, 2.75) is 12.5 Å². The fraction of sp³-hybridized carbons (Fsp3) is 0.500. The van der Waals surface area contributed by atoms with Crippen molar-refractivity contribution in [3.63, 3.8) is 0 Å². The summed E-state index contributed by atoms with van der Waals surface area (Å²) in [4.78, 5) is 0. The summed E-state index contributed by atoms with van der Waals surface area (Å²) in [6, 6.07) is 3.47. The lowest BCUT2D eigenvalue weighted by Crippen LogP contribution is -2.35. The Hall–Kier alpha value is -0.210. The number of aliphatic hydroxyl groups excluding tert-OH is 1. The van der Waals surface area contributed by atoms with Crippen LogP contribution in [0.4, 0.5) is 8.78 Å². The van der Waals surface area contributed by atoms with E-state index in [0.29, 0.717) is 9.53 Å². The lowest BCUT2D eigenvalue weighted by atomic mass is 10.3. The fourth-order valence-electron chi connectivity index (χ4n) is 0.871. The van der Waals surface area contributed by atoms with Crippen LogP contribution >= 0.6 is 22.6 Å². The Bertz CT molecular complexity index is 291. The van der Waals surface area contributed by atoms with Crippen LogP contribution in [-0.2, 0) is 6.54 Å². The lowest BCUT2D eigenvalue weighted by molar-refractivity contribution is -0.0479. The first-order valence-electron chi connectivity index (χ1n) is 3.97. The number of rotatable bonds is 5. The molecule has 1 aromatic rings. The Morgan fingerprint density at radius 2 is 2.21 bits per heavy atom. The van der Waals surface area contributed by atoms with Gasteiger partial charge in [0.15, 0.2) is 3.77 Å². The molecule has 0 aliphatic carbocycles. The van der Waals surface area contributed by atoms with E-state index in [9.17, 15) is 8.78 Å². The number of hydrogen-bond acceptors (Lipinski definition) is 3. The van der Waals surface area contributed by atoms with E-state index in [4.69, 9.17) is 9.52 Å². The largest absolute Gasteiger partial charge is 0.454 e. The van der Waals surface area contributed by atoms with E-state index in [0.717, 1.165) is 0 Å². The average molecular weight is 317 g/mol. The first-order chi connectivity index (χ1) is 6.53. The number of aliphatic hydroxyl groups is 1. The van der Waals surface area contributed by atoms with Crippen LogP contribution in [-0.4, -0.2) is 24.2 Å². The van der Waals surface area contributed by atoms with Gasteiger partial charge >= 0.3 is 0 Å². The summed E-state index contributed by atoms with van der Waals surface area (Å²) in [5.41, 5.74) is 0. The van der Waals surface area contributed by atoms with Crippen molar-refractivity contribution in [2.24, 2.45) is 0 Å². The van der Waals surface area contributed by atoms with Gasteiger partial charge < -0.3 is 14.8 Å². The second kappa shape index (κ2) is 5.04. The monoisotopic (exact) mass is 317 g/mol. The molecule has 0 unspecified atom stereocenters. The Labute approximate surface area is 93.6 Å². The standard InChI is InChI=1S/C8H10F2INO2/c9-8(10,5-13)4-12-3-6-1-2-7(11)14-6/h1-2,12-13H,3-5H2. The Kier molecular flexibility index (Phi) is 4.27. The summed E-state index contributed by atoms with van der Waals surface area (Å²) < 4.78 is 30.9. The molecule has 14 heavy (non-hydrogen) atoms. The van der Waals surface area contributed by atoms with Gasteiger partial charge in [0.1, 0.15) is 12.4 Å². The summed E-state index contributed by atoms with van der Waals surface area (Å²) in [6.45, 7) is -1.46. The second-order valence-corrected chi connectivity index (χ2v) is 3.89. The molecule has 3 nitrogen and oxygen atoms in total. The molecule has 0 saturated heterocycles. The van der Waals surface area contributed by atoms with Gasteiger partial charge in [0.2, 0.25) is 0 Å². The average Bonchev–Trinajstić information content (AvgIpc) is 2.51. The second-order valence-electron chi connectivity index (χ2n) is 2.82. The molecule has 0 atom stereocenters. The van der Waals surface area contributed by atoms with E-state index in [1.807, 2.05) is 22.6 Å². The third-order valence-corrected chi connectivity index (χ3v) is 2.12. The van der Waals surface area contributed by atoms with Gasteiger partial charge in [0, 0.05) is 0 Å². The molecule has 0 aliphatic rings. The van der Waals surface area contributed by atoms with Crippen molar-refractivity contribution in [1.29, 1.82) is 0 Å². The highest BCUT2D eigenvalue weighted by atomic mass is 127. The maximum Gasteiger partial charge on any atom is 0.282 e. The summed E-state index contributed by atoms with van der Waals surface area (Å²) in [5, 5.41) is 10.8. The van der Waals surface area contributed by atoms with Crippen molar-refractivity contribution in [1.82, 2.24) is 5.32 Å². The molecule has 0 fully saturated rings. The van der Waals surface area contributed by atoms with Crippen LogP contribution in [0.3, 0.4) is 0 Å². The number of alkyl halides is 2. The molecule has 0 saturated carbocycles. The van der Waals surface area contributed by atoms with E-state index in [-0.39, 0.29) is 6.54 Å². The maximum atomic E-state index is 12.5. The molecule has 0 aromatic carbocycles. The molecule has 1 rings (SSSR count). The zero-order chi connectivity index (χ0) is 10.6. The number of furan rings is 1. The summed E-state index contributed by atoms with van der Waals surface area (Å²) in [7, 11) is 0. The molecule has 0 spiro atoms. The molecule has 0 bridgehead atoms. The van der Waals surface area contributed by atoms with Gasteiger partial charge in [-0.3, -0.25) is 0 Å². The van der Waals surface area contributed by atoms with Crippen molar-refractivity contribution < 1.29 is 18.3 Å². The smallest absolute Gasteiger partial charge is 0.282 e. The molecule has 6 heteroatoms. The highest BCUT2D eigenvalue weighted by Crippen LogP contribution is 2.12. The number of nitrogens with one attached hydrogen (secondary N) is 1. The van der Waals surface area contributed by atoms with Crippen molar-refractivity contribution >= 4 is 22.6 Å². The fourth-order valence-corrected chi connectivity index (χ4v) is 1.33. The van der Waals surface area contributed by atoms with E-state index in [1.54, 1.807) is 12.1 Å². The Morgan fingerprint density at radius 3 is 2.71 bits per heavy atom. The van der Waals surface area contributed by atoms with E-state index >= 15 is 0 Å². The van der Waals surface area contributed by atoms with Crippen LogP contribution in [0.15, 0.2) is 16.5 Å². The lowest BCUT2D eigenvalue weighted by Gasteiger charge is -2.12. The normalized spacial score (nSPS) is 12.0. The molecule has 2 N–H and O–H groups in total. The molecule has 0 radical (unpaired) electrons. The van der Waals surface area contributed by atoms with Gasteiger partial charge in [-0.05, 0) is 34.7 Å². The molecule has 0 amide bonds. The van der Waals surface area contributed by atoms with Gasteiger partial charge in [-0.25, -0.2) is 8.78 Å². The zero-order valence-corrected chi connectivity index (χ0v) is 9.42. The number of hydrogen-bond donors (Lipinski definition) is 2. The molecular formula is C8H10F2INO2. The van der Waals surface area contributed by atoms with Crippen LogP contribution in [0, 0.1) is 3.77 Å². The van der Waals surface area contributed by atoms with Gasteiger partial charge in [-0.15, -0.1) is 0 Å². The van der Waals surface area contributed by atoms with E-state index < -0.39 is 19.1 Å². The van der Waals surface area contributed by atoms with E-state index in [1.165, 1.54) is 0 Å². The molecule has 0 aliphatic heterocycles. The van der Waals surface area contributed by atoms with Crippen LogP contribution in [0.2, 0.25) is 0 Å². The molecule has 1 heterocycles. The molecular weight excluding hydrogens is 307 g/mol. The van der Waals surface area contributed by atoms with Gasteiger partial charge in [0.05, 0.1) is 13.1 Å². The summed E-state index contributed by atoms with van der Waals surface area (Å²) >= 11 is 1.99. The van der Waals surface area contributed by atoms with Crippen LogP contribution in [0.1, 0.15) is 5.76 Å². The topological polar surface area (TPSA) is 45.4 Å². The first-order valence-corrected chi connectivity index (χ1v) is 5.05. The SMILES string of the molecule is OCC(F)(F)CNCc1ccc(I)o1. The third-order valence-electron chi connectivity index (χ3n) is 1.54. The van der Waals surface area contributed by atoms with E-state index in [2.05, 4.69) is 5.32 Å². The maximum absolute atomic E-state index is 12.5. The van der Waals surface area contributed by atoms with Gasteiger partial charge in [-0.1, -0.05) is 0 Å². The van der Waals surface area contributed by atoms with Crippen LogP contribution < -0.4 is 5.32 Å². The minimum Gasteiger partial charge on any atom is -0.454 e. The summed E-state index contributed by atoms with van der Waals surface area (Å²) in [5.74, 6) is -2.47. The predicted molar refractivity (Wildman–Crippen MR) is 55.2 cm³/mol. The Balaban J connectivity index is 2.28. The highest BCUT2D eigenvalue weighted by Gasteiger charge is 2.26. The number of halogens is 3. The third kappa shape index (κ3) is 3.89. The summed E-state index contributed by atoms with van der Waals surface area (Å²) in [6.07, 6.45) is 0. The Morgan fingerprint density at radius 1 is 1.50 bits per heavy atom. The van der Waals surface area contributed by atoms with Gasteiger partial charge in [-0.2, -0.15) is 0 Å².